The molecule has 1 aliphatic carbocycles. The molecular formula is C12H23NO2. The molecule has 0 aromatic rings. The number of nitrogens with zero attached hydrogens (tertiary/aromatic N) is 1. The molecule has 1 saturated carbocycles. The van der Waals surface area contributed by atoms with Crippen LogP contribution in [0.2, 0.25) is 0 Å². The van der Waals surface area contributed by atoms with Gasteiger partial charge in [-0.1, -0.05) is 12.8 Å². The third-order valence-electron chi connectivity index (χ3n) is 4.10. The predicted molar refractivity (Wildman–Crippen MR) is 60.9 cm³/mol. The van der Waals surface area contributed by atoms with Crippen molar-refractivity contribution in [1.82, 2.24) is 4.90 Å². The van der Waals surface area contributed by atoms with E-state index in [0.717, 1.165) is 0 Å². The van der Waals surface area contributed by atoms with E-state index in [-0.39, 0.29) is 0 Å². The molecule has 0 aromatic heterocycles. The highest BCUT2D eigenvalue weighted by Crippen LogP contribution is 2.32. The lowest BCUT2D eigenvalue weighted by molar-refractivity contribution is -0.150. The van der Waals surface area contributed by atoms with Crippen LogP contribution in [0.4, 0.5) is 0 Å². The summed E-state index contributed by atoms with van der Waals surface area (Å²) in [6, 6.07) is 0.360. The molecule has 0 aromatic carbocycles. The smallest absolute Gasteiger partial charge is 0.323 e. The summed E-state index contributed by atoms with van der Waals surface area (Å²) in [6.45, 7) is 5.71. The second kappa shape index (κ2) is 4.52. The Balaban J connectivity index is 2.65. The summed E-state index contributed by atoms with van der Waals surface area (Å²) >= 11 is 0. The summed E-state index contributed by atoms with van der Waals surface area (Å²) in [4.78, 5) is 13.1. The number of carboxylic acid groups (broad SMARTS) is 1. The Bertz CT molecular complexity index is 232. The molecule has 0 amide bonds. The average Bonchev–Trinajstić information content (AvgIpc) is 2.67. The normalized spacial score (nSPS) is 20.9. The lowest BCUT2D eigenvalue weighted by Gasteiger charge is -2.39. The quantitative estimate of drug-likeness (QED) is 0.779. The molecule has 1 rings (SSSR count). The Hall–Kier alpha value is -0.570. The van der Waals surface area contributed by atoms with Crippen molar-refractivity contribution < 1.29 is 9.90 Å². The number of carboxylic acids is 1. The van der Waals surface area contributed by atoms with Crippen LogP contribution in [0.25, 0.3) is 0 Å². The Morgan fingerprint density at radius 1 is 1.40 bits per heavy atom. The second-order valence-electron chi connectivity index (χ2n) is 5.26. The Kier molecular flexibility index (Phi) is 3.77. The molecule has 0 aliphatic heterocycles. The number of aliphatic carboxylic acids is 1. The SMILES string of the molecule is CC(C1CCCC1)N(C)C(C)(C)C(=O)O. The molecular weight excluding hydrogens is 190 g/mol. The van der Waals surface area contributed by atoms with Crippen molar-refractivity contribution >= 4 is 5.97 Å². The third-order valence-corrected chi connectivity index (χ3v) is 4.10. The number of hydrogen-bond acceptors (Lipinski definition) is 2. The highest BCUT2D eigenvalue weighted by Gasteiger charge is 2.37. The van der Waals surface area contributed by atoms with Gasteiger partial charge in [0.15, 0.2) is 0 Å². The van der Waals surface area contributed by atoms with E-state index in [1.165, 1.54) is 25.7 Å². The zero-order valence-corrected chi connectivity index (χ0v) is 10.3. The molecule has 15 heavy (non-hydrogen) atoms. The van der Waals surface area contributed by atoms with E-state index in [4.69, 9.17) is 5.11 Å². The van der Waals surface area contributed by atoms with Crippen LogP contribution in [-0.4, -0.2) is 34.6 Å². The maximum Gasteiger partial charge on any atom is 0.323 e. The molecule has 3 nitrogen and oxygen atoms in total. The van der Waals surface area contributed by atoms with E-state index in [1.807, 2.05) is 11.9 Å². The van der Waals surface area contributed by atoms with Gasteiger partial charge in [-0.15, -0.1) is 0 Å². The summed E-state index contributed by atoms with van der Waals surface area (Å²) in [5, 5.41) is 9.16. The summed E-state index contributed by atoms with van der Waals surface area (Å²) in [5.74, 6) is -0.0662. The van der Waals surface area contributed by atoms with E-state index in [0.29, 0.717) is 12.0 Å². The number of likely N-dealkylation sites (N-methyl/N-ethyl adjacent to an activating group) is 1. The zero-order valence-electron chi connectivity index (χ0n) is 10.3. The fourth-order valence-electron chi connectivity index (χ4n) is 2.42. The van der Waals surface area contributed by atoms with Crippen LogP contribution in [0.3, 0.4) is 0 Å². The van der Waals surface area contributed by atoms with E-state index in [1.54, 1.807) is 13.8 Å². The van der Waals surface area contributed by atoms with E-state index in [2.05, 4.69) is 6.92 Å². The van der Waals surface area contributed by atoms with Gasteiger partial charge in [0, 0.05) is 6.04 Å². The predicted octanol–water partition coefficient (Wildman–Crippen LogP) is 2.36. The van der Waals surface area contributed by atoms with Crippen LogP contribution in [0.5, 0.6) is 0 Å². The van der Waals surface area contributed by atoms with Crippen molar-refractivity contribution in [3.05, 3.63) is 0 Å². The molecule has 1 unspecified atom stereocenters. The number of hydrogen-bond donors (Lipinski definition) is 1. The van der Waals surface area contributed by atoms with Crippen LogP contribution < -0.4 is 0 Å². The summed E-state index contributed by atoms with van der Waals surface area (Å²) in [7, 11) is 1.93. The Morgan fingerprint density at radius 3 is 2.27 bits per heavy atom. The Morgan fingerprint density at radius 2 is 1.87 bits per heavy atom. The minimum Gasteiger partial charge on any atom is -0.480 e. The summed E-state index contributed by atoms with van der Waals surface area (Å²) < 4.78 is 0. The summed E-state index contributed by atoms with van der Waals surface area (Å²) in [5.41, 5.74) is -0.762. The van der Waals surface area contributed by atoms with Gasteiger partial charge in [0.25, 0.3) is 0 Å². The van der Waals surface area contributed by atoms with E-state index in [9.17, 15) is 4.79 Å². The maximum absolute atomic E-state index is 11.1. The van der Waals surface area contributed by atoms with Gasteiger partial charge in [-0.3, -0.25) is 9.69 Å². The van der Waals surface area contributed by atoms with E-state index < -0.39 is 11.5 Å². The molecule has 88 valence electrons. The highest BCUT2D eigenvalue weighted by atomic mass is 16.4. The van der Waals surface area contributed by atoms with Crippen molar-refractivity contribution in [2.75, 3.05) is 7.05 Å². The fraction of sp³-hybridized carbons (Fsp3) is 0.917. The molecule has 0 radical (unpaired) electrons. The molecule has 0 heterocycles. The fourth-order valence-corrected chi connectivity index (χ4v) is 2.42. The number of rotatable bonds is 4. The van der Waals surface area contributed by atoms with Gasteiger partial charge in [0.05, 0.1) is 0 Å². The van der Waals surface area contributed by atoms with Gasteiger partial charge < -0.3 is 5.11 Å². The topological polar surface area (TPSA) is 40.5 Å². The highest BCUT2D eigenvalue weighted by molar-refractivity contribution is 5.77. The lowest BCUT2D eigenvalue weighted by atomic mass is 9.93. The minimum absolute atomic E-state index is 0.360. The first-order valence-corrected chi connectivity index (χ1v) is 5.83. The molecule has 1 N–H and O–H groups in total. The van der Waals surface area contributed by atoms with Crippen molar-refractivity contribution in [2.24, 2.45) is 5.92 Å². The standard InChI is InChI=1S/C12H23NO2/c1-9(10-7-5-6-8-10)13(4)12(2,3)11(14)15/h9-10H,5-8H2,1-4H3,(H,14,15). The molecule has 3 heteroatoms. The summed E-state index contributed by atoms with van der Waals surface area (Å²) in [6.07, 6.45) is 5.11. The van der Waals surface area contributed by atoms with Crippen molar-refractivity contribution in [3.8, 4) is 0 Å². The molecule has 0 spiro atoms. The van der Waals surface area contributed by atoms with Crippen LogP contribution in [-0.2, 0) is 4.79 Å². The molecule has 1 atom stereocenters. The molecule has 0 saturated heterocycles. The van der Waals surface area contributed by atoms with Crippen LogP contribution >= 0.6 is 0 Å². The first-order valence-electron chi connectivity index (χ1n) is 5.83. The second-order valence-corrected chi connectivity index (χ2v) is 5.26. The van der Waals surface area contributed by atoms with Crippen molar-refractivity contribution in [3.63, 3.8) is 0 Å². The van der Waals surface area contributed by atoms with Crippen LogP contribution in [0, 0.1) is 5.92 Å². The van der Waals surface area contributed by atoms with Gasteiger partial charge in [-0.05, 0) is 46.6 Å². The first kappa shape index (κ1) is 12.5. The van der Waals surface area contributed by atoms with Gasteiger partial charge in [-0.2, -0.15) is 0 Å². The van der Waals surface area contributed by atoms with Crippen LogP contribution in [0.15, 0.2) is 0 Å². The van der Waals surface area contributed by atoms with Gasteiger partial charge in [0.1, 0.15) is 5.54 Å². The minimum atomic E-state index is -0.762. The van der Waals surface area contributed by atoms with Crippen molar-refractivity contribution in [2.45, 2.75) is 58.0 Å². The largest absolute Gasteiger partial charge is 0.480 e. The Labute approximate surface area is 92.5 Å². The van der Waals surface area contributed by atoms with Crippen molar-refractivity contribution in [1.29, 1.82) is 0 Å². The van der Waals surface area contributed by atoms with Gasteiger partial charge in [0.2, 0.25) is 0 Å². The average molecular weight is 213 g/mol. The third kappa shape index (κ3) is 2.51. The molecule has 1 aliphatic rings. The van der Waals surface area contributed by atoms with Crippen LogP contribution in [0.1, 0.15) is 46.5 Å². The maximum atomic E-state index is 11.1. The lowest BCUT2D eigenvalue weighted by Crippen LogP contribution is -2.53. The van der Waals surface area contributed by atoms with Gasteiger partial charge in [-0.25, -0.2) is 0 Å². The number of carbonyl (C=O) groups is 1. The molecule has 1 fully saturated rings. The molecule has 0 bridgehead atoms. The zero-order chi connectivity index (χ0) is 11.6. The monoisotopic (exact) mass is 213 g/mol. The van der Waals surface area contributed by atoms with E-state index >= 15 is 0 Å². The van der Waals surface area contributed by atoms with Gasteiger partial charge >= 0.3 is 5.97 Å². The first-order chi connectivity index (χ1) is 6.87.